The molecule has 0 bridgehead atoms. The van der Waals surface area contributed by atoms with E-state index in [2.05, 4.69) is 34.2 Å². The molecule has 0 aliphatic carbocycles. The van der Waals surface area contributed by atoms with Gasteiger partial charge in [0.15, 0.2) is 0 Å². The number of amides is 1. The number of aryl methyl sites for hydroxylation is 1. The van der Waals surface area contributed by atoms with Crippen LogP contribution in [0.15, 0.2) is 28.7 Å². The van der Waals surface area contributed by atoms with Crippen LogP contribution < -0.4 is 10.1 Å². The van der Waals surface area contributed by atoms with Gasteiger partial charge in [-0.1, -0.05) is 19.1 Å². The number of methoxy groups -OCH3 is 1. The predicted molar refractivity (Wildman–Crippen MR) is 117 cm³/mol. The molecule has 1 unspecified atom stereocenters. The second-order valence-electron chi connectivity index (χ2n) is 8.38. The summed E-state index contributed by atoms with van der Waals surface area (Å²) in [5, 5.41) is 3.19. The molecule has 1 atom stereocenters. The summed E-state index contributed by atoms with van der Waals surface area (Å²) in [4.78, 5) is 17.9. The van der Waals surface area contributed by atoms with E-state index in [1.165, 1.54) is 12.0 Å². The highest BCUT2D eigenvalue weighted by Gasteiger charge is 2.29. The summed E-state index contributed by atoms with van der Waals surface area (Å²) in [6, 6.07) is 8.64. The molecule has 1 aromatic carbocycles. The molecule has 1 saturated heterocycles. The molecule has 2 aliphatic heterocycles. The molecule has 2 aromatic rings. The van der Waals surface area contributed by atoms with Gasteiger partial charge in [0.25, 0.3) is 5.91 Å². The first-order chi connectivity index (χ1) is 14.6. The molecule has 6 nitrogen and oxygen atoms in total. The number of benzene rings is 1. The van der Waals surface area contributed by atoms with Crippen molar-refractivity contribution in [2.75, 3.05) is 33.3 Å². The minimum Gasteiger partial charge on any atom is -0.497 e. The Morgan fingerprint density at radius 1 is 1.27 bits per heavy atom. The summed E-state index contributed by atoms with van der Waals surface area (Å²) in [7, 11) is 1.68. The second kappa shape index (κ2) is 9.23. The lowest BCUT2D eigenvalue weighted by molar-refractivity contribution is 0.0937. The Labute approximate surface area is 179 Å². The molecule has 1 fully saturated rings. The Bertz CT molecular complexity index is 875. The number of hydrogen-bond donors (Lipinski definition) is 1. The monoisotopic (exact) mass is 411 g/mol. The number of fused-ring (bicyclic) bond motifs is 1. The van der Waals surface area contributed by atoms with Crippen LogP contribution in [0.3, 0.4) is 0 Å². The maximum atomic E-state index is 13.1. The van der Waals surface area contributed by atoms with Crippen LogP contribution in [0.25, 0.3) is 0 Å². The molecule has 6 heteroatoms. The zero-order valence-corrected chi connectivity index (χ0v) is 18.4. The Kier molecular flexibility index (Phi) is 6.44. The molecule has 1 aromatic heterocycles. The highest BCUT2D eigenvalue weighted by molar-refractivity contribution is 5.97. The number of likely N-dealkylation sites (tertiary alicyclic amines) is 1. The summed E-state index contributed by atoms with van der Waals surface area (Å²) >= 11 is 0. The average molecular weight is 412 g/mol. The fourth-order valence-electron chi connectivity index (χ4n) is 4.84. The first kappa shape index (κ1) is 20.9. The lowest BCUT2D eigenvalue weighted by Crippen LogP contribution is -2.40. The summed E-state index contributed by atoms with van der Waals surface area (Å²) in [6.45, 7) is 9.51. The first-order valence-corrected chi connectivity index (χ1v) is 11.1. The lowest BCUT2D eigenvalue weighted by Gasteiger charge is -2.27. The summed E-state index contributed by atoms with van der Waals surface area (Å²) in [5.74, 6) is 2.59. The van der Waals surface area contributed by atoms with E-state index in [-0.39, 0.29) is 5.91 Å². The summed E-state index contributed by atoms with van der Waals surface area (Å²) < 4.78 is 11.2. The van der Waals surface area contributed by atoms with Crippen molar-refractivity contribution in [3.05, 3.63) is 52.5 Å². The third-order valence-corrected chi connectivity index (χ3v) is 6.50. The van der Waals surface area contributed by atoms with Crippen LogP contribution in [-0.4, -0.2) is 55.0 Å². The molecule has 3 heterocycles. The molecule has 1 N–H and O–H groups in total. The van der Waals surface area contributed by atoms with Crippen molar-refractivity contribution in [3.63, 3.8) is 0 Å². The van der Waals surface area contributed by atoms with Crippen LogP contribution >= 0.6 is 0 Å². The van der Waals surface area contributed by atoms with Gasteiger partial charge in [-0.05, 0) is 50.6 Å². The Morgan fingerprint density at radius 2 is 2.07 bits per heavy atom. The highest BCUT2D eigenvalue weighted by atomic mass is 16.5. The molecular weight excluding hydrogens is 378 g/mol. The molecule has 0 radical (unpaired) electrons. The lowest BCUT2D eigenvalue weighted by atomic mass is 10.0. The van der Waals surface area contributed by atoms with Gasteiger partial charge >= 0.3 is 0 Å². The maximum absolute atomic E-state index is 13.1. The van der Waals surface area contributed by atoms with Crippen LogP contribution in [-0.2, 0) is 19.5 Å². The fourth-order valence-corrected chi connectivity index (χ4v) is 4.84. The zero-order chi connectivity index (χ0) is 21.1. The number of rotatable bonds is 7. The van der Waals surface area contributed by atoms with Crippen LogP contribution in [0.2, 0.25) is 0 Å². The third-order valence-electron chi connectivity index (χ3n) is 6.50. The van der Waals surface area contributed by atoms with Gasteiger partial charge in [-0.25, -0.2) is 0 Å². The van der Waals surface area contributed by atoms with Gasteiger partial charge in [-0.3, -0.25) is 14.6 Å². The normalized spacial score (nSPS) is 19.6. The number of nitrogens with one attached hydrogen (secondary N) is 1. The van der Waals surface area contributed by atoms with Crippen LogP contribution in [0.4, 0.5) is 0 Å². The number of carbonyl (C=O) groups excluding carboxylic acids is 1. The highest BCUT2D eigenvalue weighted by Crippen LogP contribution is 2.29. The molecular formula is C24H33N3O3. The molecule has 0 saturated carbocycles. The van der Waals surface area contributed by atoms with E-state index in [1.807, 2.05) is 19.1 Å². The van der Waals surface area contributed by atoms with Gasteiger partial charge in [0.05, 0.1) is 12.7 Å². The first-order valence-electron chi connectivity index (χ1n) is 11.1. The number of hydrogen-bond acceptors (Lipinski definition) is 5. The van der Waals surface area contributed by atoms with E-state index < -0.39 is 0 Å². The maximum Gasteiger partial charge on any atom is 0.255 e. The molecule has 162 valence electrons. The van der Waals surface area contributed by atoms with Crippen LogP contribution in [0, 0.1) is 6.92 Å². The Hall–Kier alpha value is -2.31. The summed E-state index contributed by atoms with van der Waals surface area (Å²) in [5.41, 5.74) is 3.04. The SMILES string of the molecule is CCN1CCCC1CNC(=O)c1c(C)oc2c1CN(Cc1ccc(OC)cc1)CC2. The molecule has 0 spiro atoms. The number of carbonyl (C=O) groups is 1. The Balaban J connectivity index is 1.42. The quantitative estimate of drug-likeness (QED) is 0.757. The standard InChI is InChI=1S/C24H33N3O3/c1-4-27-12-5-6-19(27)14-25-24(28)23-17(2)30-22-11-13-26(16-21(22)23)15-18-7-9-20(29-3)10-8-18/h7-10,19H,4-6,11-16H2,1-3H3,(H,25,28). The minimum atomic E-state index is 0.00625. The fraction of sp³-hybridized carbons (Fsp3) is 0.542. The van der Waals surface area contributed by atoms with Crippen molar-refractivity contribution in [2.24, 2.45) is 0 Å². The van der Waals surface area contributed by atoms with Gasteiger partial charge in [-0.15, -0.1) is 0 Å². The third kappa shape index (κ3) is 4.40. The van der Waals surface area contributed by atoms with Crippen molar-refractivity contribution in [3.8, 4) is 5.75 Å². The number of likely N-dealkylation sites (N-methyl/N-ethyl adjacent to an activating group) is 1. The van der Waals surface area contributed by atoms with E-state index >= 15 is 0 Å². The van der Waals surface area contributed by atoms with Gasteiger partial charge in [0.2, 0.25) is 0 Å². The van der Waals surface area contributed by atoms with Gasteiger partial charge < -0.3 is 14.5 Å². The van der Waals surface area contributed by atoms with Crippen molar-refractivity contribution in [1.82, 2.24) is 15.1 Å². The van der Waals surface area contributed by atoms with Gasteiger partial charge in [0, 0.05) is 44.2 Å². The molecule has 1 amide bonds. The topological polar surface area (TPSA) is 58.0 Å². The van der Waals surface area contributed by atoms with Crippen LogP contribution in [0.5, 0.6) is 5.75 Å². The van der Waals surface area contributed by atoms with Gasteiger partial charge in [0.1, 0.15) is 17.3 Å². The number of furan rings is 1. The molecule has 2 aliphatic rings. The van der Waals surface area contributed by atoms with Crippen molar-refractivity contribution in [1.29, 1.82) is 0 Å². The Morgan fingerprint density at radius 3 is 2.80 bits per heavy atom. The van der Waals surface area contributed by atoms with E-state index in [4.69, 9.17) is 9.15 Å². The summed E-state index contributed by atoms with van der Waals surface area (Å²) in [6.07, 6.45) is 3.22. The number of nitrogens with zero attached hydrogens (tertiary/aromatic N) is 2. The zero-order valence-electron chi connectivity index (χ0n) is 18.4. The minimum absolute atomic E-state index is 0.00625. The van der Waals surface area contributed by atoms with Crippen LogP contribution in [0.1, 0.15) is 52.8 Å². The average Bonchev–Trinajstić information content (AvgIpc) is 3.35. The van der Waals surface area contributed by atoms with E-state index in [9.17, 15) is 4.79 Å². The van der Waals surface area contributed by atoms with Crippen molar-refractivity contribution >= 4 is 5.91 Å². The largest absolute Gasteiger partial charge is 0.497 e. The predicted octanol–water partition coefficient (Wildman–Crippen LogP) is 3.37. The van der Waals surface area contributed by atoms with E-state index in [0.717, 1.165) is 74.0 Å². The van der Waals surface area contributed by atoms with E-state index in [1.54, 1.807) is 7.11 Å². The van der Waals surface area contributed by atoms with Crippen molar-refractivity contribution < 1.29 is 13.9 Å². The second-order valence-corrected chi connectivity index (χ2v) is 8.38. The molecule has 30 heavy (non-hydrogen) atoms. The van der Waals surface area contributed by atoms with Gasteiger partial charge in [-0.2, -0.15) is 0 Å². The van der Waals surface area contributed by atoms with E-state index in [0.29, 0.717) is 12.6 Å². The molecule has 4 rings (SSSR count). The smallest absolute Gasteiger partial charge is 0.255 e. The van der Waals surface area contributed by atoms with Crippen molar-refractivity contribution in [2.45, 2.75) is 52.2 Å². The number of ether oxygens (including phenoxy) is 1.